The maximum atomic E-state index is 4.39. The van der Waals surface area contributed by atoms with Gasteiger partial charge in [0.1, 0.15) is 0 Å². The zero-order valence-corrected chi connectivity index (χ0v) is 10.0. The van der Waals surface area contributed by atoms with Crippen LogP contribution in [0.2, 0.25) is 0 Å². The Bertz CT molecular complexity index is 496. The van der Waals surface area contributed by atoms with Crippen LogP contribution in [0.1, 0.15) is 32.1 Å². The van der Waals surface area contributed by atoms with Crippen molar-refractivity contribution in [2.45, 2.75) is 38.1 Å². The van der Waals surface area contributed by atoms with Gasteiger partial charge in [0.15, 0.2) is 0 Å². The molecule has 3 rings (SSSR count). The lowest BCUT2D eigenvalue weighted by Crippen LogP contribution is -2.22. The minimum atomic E-state index is 0.648. The van der Waals surface area contributed by atoms with Gasteiger partial charge in [0, 0.05) is 23.3 Å². The summed E-state index contributed by atoms with van der Waals surface area (Å²) in [5.41, 5.74) is 2.32. The number of nitrogens with zero attached hydrogens (tertiary/aromatic N) is 1. The Kier molecular flexibility index (Phi) is 2.95. The molecule has 1 aliphatic rings. The molecule has 0 atom stereocenters. The second-order valence-electron chi connectivity index (χ2n) is 4.85. The fourth-order valence-electron chi connectivity index (χ4n) is 2.70. The molecule has 1 aromatic carbocycles. The van der Waals surface area contributed by atoms with E-state index >= 15 is 0 Å². The van der Waals surface area contributed by atoms with Crippen LogP contribution >= 0.6 is 0 Å². The van der Waals surface area contributed by atoms with Gasteiger partial charge in [0.2, 0.25) is 0 Å². The van der Waals surface area contributed by atoms with Gasteiger partial charge >= 0.3 is 0 Å². The average molecular weight is 226 g/mol. The van der Waals surface area contributed by atoms with Gasteiger partial charge in [-0.25, -0.2) is 0 Å². The maximum absolute atomic E-state index is 4.39. The zero-order valence-electron chi connectivity index (χ0n) is 10.0. The summed E-state index contributed by atoms with van der Waals surface area (Å²) in [4.78, 5) is 4.39. The highest BCUT2D eigenvalue weighted by Gasteiger charge is 2.13. The Morgan fingerprint density at radius 3 is 2.76 bits per heavy atom. The van der Waals surface area contributed by atoms with Crippen LogP contribution in [-0.4, -0.2) is 11.0 Å². The van der Waals surface area contributed by atoms with Gasteiger partial charge in [-0.3, -0.25) is 4.98 Å². The standard InChI is InChI=1S/C15H18N2/c1-2-6-12(7-3-1)17-15-10-4-9-14-13(15)8-5-11-16-14/h4-5,8-12,17H,1-3,6-7H2. The second kappa shape index (κ2) is 4.74. The van der Waals surface area contributed by atoms with Gasteiger partial charge in [0.25, 0.3) is 0 Å². The Morgan fingerprint density at radius 2 is 1.88 bits per heavy atom. The monoisotopic (exact) mass is 226 g/mol. The first kappa shape index (κ1) is 10.6. The number of hydrogen-bond donors (Lipinski definition) is 1. The summed E-state index contributed by atoms with van der Waals surface area (Å²) in [6.45, 7) is 0. The van der Waals surface area contributed by atoms with Crippen molar-refractivity contribution in [3.05, 3.63) is 36.5 Å². The van der Waals surface area contributed by atoms with E-state index in [0.717, 1.165) is 5.52 Å². The summed E-state index contributed by atoms with van der Waals surface area (Å²) in [7, 11) is 0. The Hall–Kier alpha value is -1.57. The molecule has 0 spiro atoms. The molecule has 0 aliphatic heterocycles. The minimum Gasteiger partial charge on any atom is -0.382 e. The van der Waals surface area contributed by atoms with Gasteiger partial charge in [-0.1, -0.05) is 25.3 Å². The molecule has 2 aromatic rings. The maximum Gasteiger partial charge on any atom is 0.0722 e. The number of nitrogens with one attached hydrogen (secondary N) is 1. The van der Waals surface area contributed by atoms with Crippen molar-refractivity contribution < 1.29 is 0 Å². The van der Waals surface area contributed by atoms with Gasteiger partial charge in [-0.05, 0) is 37.1 Å². The third-order valence-corrected chi connectivity index (χ3v) is 3.61. The topological polar surface area (TPSA) is 24.9 Å². The Morgan fingerprint density at radius 1 is 1.00 bits per heavy atom. The van der Waals surface area contributed by atoms with Crippen LogP contribution in [0.15, 0.2) is 36.5 Å². The van der Waals surface area contributed by atoms with Crippen molar-refractivity contribution in [1.82, 2.24) is 4.98 Å². The largest absolute Gasteiger partial charge is 0.382 e. The number of pyridine rings is 1. The fourth-order valence-corrected chi connectivity index (χ4v) is 2.70. The van der Waals surface area contributed by atoms with Gasteiger partial charge in [-0.15, -0.1) is 0 Å². The van der Waals surface area contributed by atoms with Crippen molar-refractivity contribution in [2.75, 3.05) is 5.32 Å². The number of rotatable bonds is 2. The molecule has 0 unspecified atom stereocenters. The van der Waals surface area contributed by atoms with Crippen LogP contribution < -0.4 is 5.32 Å². The van der Waals surface area contributed by atoms with Crippen LogP contribution in [0, 0.1) is 0 Å². The summed E-state index contributed by atoms with van der Waals surface area (Å²) in [6, 6.07) is 11.1. The van der Waals surface area contributed by atoms with E-state index in [1.54, 1.807) is 0 Å². The second-order valence-corrected chi connectivity index (χ2v) is 4.85. The molecule has 1 heterocycles. The van der Waals surface area contributed by atoms with Crippen molar-refractivity contribution >= 4 is 16.6 Å². The van der Waals surface area contributed by atoms with E-state index in [0.29, 0.717) is 6.04 Å². The van der Waals surface area contributed by atoms with E-state index in [-0.39, 0.29) is 0 Å². The summed E-state index contributed by atoms with van der Waals surface area (Å²) in [5, 5.41) is 4.92. The van der Waals surface area contributed by atoms with E-state index in [4.69, 9.17) is 0 Å². The van der Waals surface area contributed by atoms with Crippen LogP contribution in [0.3, 0.4) is 0 Å². The van der Waals surface area contributed by atoms with Crippen LogP contribution in [0.5, 0.6) is 0 Å². The van der Waals surface area contributed by atoms with Crippen LogP contribution in [0.4, 0.5) is 5.69 Å². The number of fused-ring (bicyclic) bond motifs is 1. The van der Waals surface area contributed by atoms with Crippen molar-refractivity contribution in [3.63, 3.8) is 0 Å². The molecule has 1 saturated carbocycles. The van der Waals surface area contributed by atoms with Gasteiger partial charge in [-0.2, -0.15) is 0 Å². The van der Waals surface area contributed by atoms with Crippen LogP contribution in [0.25, 0.3) is 10.9 Å². The highest BCUT2D eigenvalue weighted by molar-refractivity contribution is 5.91. The molecule has 0 saturated heterocycles. The molecule has 0 amide bonds. The Balaban J connectivity index is 1.89. The van der Waals surface area contributed by atoms with E-state index in [1.165, 1.54) is 43.2 Å². The highest BCUT2D eigenvalue weighted by atomic mass is 14.9. The third-order valence-electron chi connectivity index (χ3n) is 3.61. The Labute approximate surface area is 102 Å². The third kappa shape index (κ3) is 2.26. The molecule has 17 heavy (non-hydrogen) atoms. The van der Waals surface area contributed by atoms with E-state index in [9.17, 15) is 0 Å². The van der Waals surface area contributed by atoms with E-state index in [1.807, 2.05) is 12.3 Å². The molecule has 0 bridgehead atoms. The fraction of sp³-hybridized carbons (Fsp3) is 0.400. The first-order valence-electron chi connectivity index (χ1n) is 6.54. The molecule has 1 aromatic heterocycles. The molecular weight excluding hydrogens is 208 g/mol. The van der Waals surface area contributed by atoms with Crippen molar-refractivity contribution in [1.29, 1.82) is 0 Å². The molecule has 88 valence electrons. The number of aromatic nitrogens is 1. The average Bonchev–Trinajstić information content (AvgIpc) is 2.40. The first-order valence-corrected chi connectivity index (χ1v) is 6.54. The smallest absolute Gasteiger partial charge is 0.0722 e. The lowest BCUT2D eigenvalue weighted by atomic mass is 9.95. The predicted molar refractivity (Wildman–Crippen MR) is 72.2 cm³/mol. The molecule has 1 fully saturated rings. The normalized spacial score (nSPS) is 17.2. The van der Waals surface area contributed by atoms with E-state index in [2.05, 4.69) is 34.6 Å². The molecular formula is C15H18N2. The highest BCUT2D eigenvalue weighted by Crippen LogP contribution is 2.26. The van der Waals surface area contributed by atoms with Crippen molar-refractivity contribution in [3.8, 4) is 0 Å². The quantitative estimate of drug-likeness (QED) is 0.837. The number of benzene rings is 1. The molecule has 1 N–H and O–H groups in total. The lowest BCUT2D eigenvalue weighted by Gasteiger charge is -2.24. The summed E-state index contributed by atoms with van der Waals surface area (Å²) >= 11 is 0. The number of hydrogen-bond acceptors (Lipinski definition) is 2. The summed E-state index contributed by atoms with van der Waals surface area (Å²) in [5.74, 6) is 0. The van der Waals surface area contributed by atoms with Gasteiger partial charge < -0.3 is 5.32 Å². The SMILES string of the molecule is c1cc(NC2CCCCC2)c2cccnc2c1. The molecule has 1 aliphatic carbocycles. The molecule has 2 heteroatoms. The molecule has 0 radical (unpaired) electrons. The first-order chi connectivity index (χ1) is 8.43. The molecule has 2 nitrogen and oxygen atoms in total. The number of anilines is 1. The van der Waals surface area contributed by atoms with Crippen LogP contribution in [-0.2, 0) is 0 Å². The van der Waals surface area contributed by atoms with Gasteiger partial charge in [0.05, 0.1) is 5.52 Å². The van der Waals surface area contributed by atoms with Crippen molar-refractivity contribution in [2.24, 2.45) is 0 Å². The summed E-state index contributed by atoms with van der Waals surface area (Å²) in [6.07, 6.45) is 8.58. The summed E-state index contributed by atoms with van der Waals surface area (Å²) < 4.78 is 0. The zero-order chi connectivity index (χ0) is 11.5. The predicted octanol–water partition coefficient (Wildman–Crippen LogP) is 3.98. The minimum absolute atomic E-state index is 0.648. The van der Waals surface area contributed by atoms with E-state index < -0.39 is 0 Å². The lowest BCUT2D eigenvalue weighted by molar-refractivity contribution is 0.463.